The predicted octanol–water partition coefficient (Wildman–Crippen LogP) is -0.706. The zero-order valence-electron chi connectivity index (χ0n) is 2.71. The fourth-order valence-corrected chi connectivity index (χ4v) is 0. The summed E-state index contributed by atoms with van der Waals surface area (Å²) in [4.78, 5) is 0. The quantitative estimate of drug-likeness (QED) is 0.338. The third kappa shape index (κ3) is 8.82. The maximum atomic E-state index is 0. The van der Waals surface area contributed by atoms with E-state index >= 15 is 0 Å². The second-order valence-corrected chi connectivity index (χ2v) is 0. The van der Waals surface area contributed by atoms with Crippen LogP contribution in [0.4, 0.5) is 0 Å². The van der Waals surface area contributed by atoms with E-state index in [1.54, 1.807) is 0 Å². The molecule has 0 heterocycles. The first kappa shape index (κ1) is 31.2. The van der Waals surface area contributed by atoms with Gasteiger partial charge in [0.2, 0.25) is 0 Å². The van der Waals surface area contributed by atoms with Gasteiger partial charge in [-0.2, -0.15) is 9.90 Å². The van der Waals surface area contributed by atoms with Crippen molar-refractivity contribution in [3.05, 3.63) is 0 Å². The predicted molar refractivity (Wildman–Crippen MR) is 22.6 cm³/mol. The molecule has 4 heteroatoms. The molecule has 0 amide bonds. The normalized spacial score (nSPS) is 0. The molecule has 0 bridgehead atoms. The minimum Gasteiger partial charge on any atom is -0.153 e. The van der Waals surface area contributed by atoms with Crippen LogP contribution in [0, 0.1) is 0 Å². The molecule has 0 aliphatic carbocycles. The molecule has 0 aromatic heterocycles. The molecule has 5 radical (unpaired) electrons. The largest absolute Gasteiger partial charge is 0.153 e. The van der Waals surface area contributed by atoms with Crippen molar-refractivity contribution in [2.45, 2.75) is 0 Å². The maximum absolute atomic E-state index is 0. The second kappa shape index (κ2) is 17.7. The molecule has 0 fully saturated rings. The van der Waals surface area contributed by atoms with Crippen LogP contribution in [0.3, 0.4) is 0 Å². The van der Waals surface area contributed by atoms with Crippen LogP contribution in [0.15, 0.2) is 0 Å². The van der Waals surface area contributed by atoms with Gasteiger partial charge >= 0.3 is 0 Å². The molecule has 0 saturated carbocycles. The van der Waals surface area contributed by atoms with Crippen LogP contribution in [0.25, 0.3) is 0 Å². The minimum absolute atomic E-state index is 0. The van der Waals surface area contributed by atoms with Crippen LogP contribution < -0.4 is 0 Å². The molecular weight excluding hydrogens is 173 g/mol. The van der Waals surface area contributed by atoms with Crippen molar-refractivity contribution in [1.29, 1.82) is 0 Å². The first-order valence-electron chi connectivity index (χ1n) is 0. The number of rotatable bonds is 0. The van der Waals surface area contributed by atoms with Crippen molar-refractivity contribution in [2.75, 3.05) is 0 Å². The molecule has 0 rings (SSSR count). The Morgan fingerprint density at radius 3 is 1.00 bits per heavy atom. The van der Waals surface area contributed by atoms with Crippen LogP contribution >= 0.6 is 9.90 Å². The average Bonchev–Trinajstić information content (AvgIpc) is 0. The first-order valence-corrected chi connectivity index (χ1v) is 0. The molecule has 0 aromatic carbocycles. The number of hydrogen-bond donors (Lipinski definition) is 0. The van der Waals surface area contributed by atoms with E-state index in [9.17, 15) is 0 Å². The Hall–Kier alpha value is 2.53. The molecule has 0 N–H and O–H groups in total. The van der Waals surface area contributed by atoms with Gasteiger partial charge in [-0.1, -0.05) is 0 Å². The molecule has 1 atom stereocenters. The summed E-state index contributed by atoms with van der Waals surface area (Å²) >= 11 is 0. The summed E-state index contributed by atoms with van der Waals surface area (Å²) in [6.07, 6.45) is 0. The van der Waals surface area contributed by atoms with Gasteiger partial charge in [0.1, 0.15) is 0 Å². The van der Waals surface area contributed by atoms with Gasteiger partial charge in [-0.15, -0.1) is 0 Å². The fourth-order valence-electron chi connectivity index (χ4n) is 0. The van der Waals surface area contributed by atoms with Crippen molar-refractivity contribution >= 4 is 50.4 Å². The Morgan fingerprint density at radius 1 is 1.00 bits per heavy atom. The van der Waals surface area contributed by atoms with Crippen LogP contribution in [-0.4, -0.2) is 40.5 Å². The summed E-state index contributed by atoms with van der Waals surface area (Å²) < 4.78 is 0. The molecule has 0 aliphatic rings. The minimum atomic E-state index is 0. The Bertz CT molecular complexity index is 8.00. The van der Waals surface area contributed by atoms with Gasteiger partial charge in [-0.3, -0.25) is 0 Å². The third-order valence-corrected chi connectivity index (χ3v) is 0. The van der Waals surface area contributed by atoms with Gasteiger partial charge in [-0.05, 0) is 0 Å². The number of hydrogen-bond acceptors (Lipinski definition) is 0. The average molecular weight is 176 g/mol. The zero-order chi connectivity index (χ0) is 0. The molecule has 4 heavy (non-hydrogen) atoms. The van der Waals surface area contributed by atoms with Gasteiger partial charge in [0.15, 0.2) is 0 Å². The smallest absolute Gasteiger partial charge is 0 e. The standard InChI is InChI=1S/Na.H3P.Si.Zr/h;1H3;;. The molecule has 0 aromatic rings. The van der Waals surface area contributed by atoms with E-state index in [1.807, 2.05) is 0 Å². The first-order chi connectivity index (χ1) is 0. The molecule has 0 spiro atoms. The molecule has 0 nitrogen and oxygen atoms in total. The van der Waals surface area contributed by atoms with Crippen molar-refractivity contribution in [2.24, 2.45) is 0 Å². The van der Waals surface area contributed by atoms with Crippen molar-refractivity contribution < 1.29 is 26.2 Å². The summed E-state index contributed by atoms with van der Waals surface area (Å²) in [5.74, 6) is 0. The Balaban J connectivity index is 0. The van der Waals surface area contributed by atoms with E-state index in [2.05, 4.69) is 0 Å². The van der Waals surface area contributed by atoms with Gasteiger partial charge in [0.25, 0.3) is 0 Å². The van der Waals surface area contributed by atoms with Crippen molar-refractivity contribution in [1.82, 2.24) is 0 Å². The molecule has 0 aliphatic heterocycles. The van der Waals surface area contributed by atoms with Crippen molar-refractivity contribution in [3.63, 3.8) is 0 Å². The topological polar surface area (TPSA) is 0 Å². The Kier molecular flexibility index (Phi) is 138. The second-order valence-electron chi connectivity index (χ2n) is 0. The van der Waals surface area contributed by atoms with E-state index in [1.165, 1.54) is 0 Å². The monoisotopic (exact) mass is 175 g/mol. The summed E-state index contributed by atoms with van der Waals surface area (Å²) in [6, 6.07) is 0. The summed E-state index contributed by atoms with van der Waals surface area (Å²) in [7, 11) is 0. The molecule has 0 saturated heterocycles. The van der Waals surface area contributed by atoms with Gasteiger partial charge in [0.05, 0.1) is 0 Å². The van der Waals surface area contributed by atoms with E-state index in [0.717, 1.165) is 0 Å². The Morgan fingerprint density at radius 2 is 1.00 bits per heavy atom. The summed E-state index contributed by atoms with van der Waals surface area (Å²) in [6.45, 7) is 0. The van der Waals surface area contributed by atoms with Crippen LogP contribution in [0.1, 0.15) is 0 Å². The van der Waals surface area contributed by atoms with Crippen LogP contribution in [0.2, 0.25) is 0 Å². The van der Waals surface area contributed by atoms with E-state index < -0.39 is 0 Å². The van der Waals surface area contributed by atoms with Crippen molar-refractivity contribution in [3.8, 4) is 0 Å². The fraction of sp³-hybridized carbons (Fsp3) is 0. The van der Waals surface area contributed by atoms with Gasteiger partial charge < -0.3 is 0 Å². The summed E-state index contributed by atoms with van der Waals surface area (Å²) in [5, 5.41) is 0. The molecule has 1 unspecified atom stereocenters. The van der Waals surface area contributed by atoms with E-state index in [0.29, 0.717) is 0 Å². The van der Waals surface area contributed by atoms with E-state index in [-0.39, 0.29) is 76.6 Å². The van der Waals surface area contributed by atoms with E-state index in [4.69, 9.17) is 0 Å². The Labute approximate surface area is 75.6 Å². The maximum Gasteiger partial charge on any atom is 0 e. The SMILES string of the molecule is P.[Na].[Si].[Zr]. The van der Waals surface area contributed by atoms with Gasteiger partial charge in [0, 0.05) is 66.7 Å². The summed E-state index contributed by atoms with van der Waals surface area (Å²) in [5.41, 5.74) is 0. The molecular formula is H3NaPSiZr. The van der Waals surface area contributed by atoms with Gasteiger partial charge in [-0.25, -0.2) is 0 Å². The molecule has 17 valence electrons. The van der Waals surface area contributed by atoms with Crippen LogP contribution in [0.5, 0.6) is 0 Å². The van der Waals surface area contributed by atoms with Crippen LogP contribution in [-0.2, 0) is 26.2 Å². The zero-order valence-corrected chi connectivity index (χ0v) is 9.58. The third-order valence-electron chi connectivity index (χ3n) is 0.